The van der Waals surface area contributed by atoms with Crippen LogP contribution in [0, 0.1) is 5.92 Å². The fourth-order valence-electron chi connectivity index (χ4n) is 1.55. The van der Waals surface area contributed by atoms with Gasteiger partial charge in [0, 0.05) is 0 Å². The molecule has 0 amide bonds. The lowest BCUT2D eigenvalue weighted by molar-refractivity contribution is 0.0239. The molecule has 0 aromatic rings. The second-order valence-electron chi connectivity index (χ2n) is 3.17. The van der Waals surface area contributed by atoms with Gasteiger partial charge in [-0.3, -0.25) is 0 Å². The molecular formula is C8H15FO. The molecule has 60 valence electrons. The average molecular weight is 146 g/mol. The van der Waals surface area contributed by atoms with E-state index in [9.17, 15) is 4.39 Å². The predicted octanol–water partition coefficient (Wildman–Crippen LogP) is 1.90. The quantitative estimate of drug-likeness (QED) is 0.599. The van der Waals surface area contributed by atoms with Gasteiger partial charge in [0.05, 0.1) is 6.10 Å². The minimum Gasteiger partial charge on any atom is -0.390 e. The highest BCUT2D eigenvalue weighted by Crippen LogP contribution is 2.28. The van der Waals surface area contributed by atoms with Crippen LogP contribution in [0.15, 0.2) is 0 Å². The normalized spacial score (nSPS) is 41.7. The summed E-state index contributed by atoms with van der Waals surface area (Å²) in [5.41, 5.74) is 0. The fraction of sp³-hybridized carbons (Fsp3) is 1.00. The van der Waals surface area contributed by atoms with Crippen LogP contribution in [-0.2, 0) is 0 Å². The highest BCUT2D eigenvalue weighted by molar-refractivity contribution is 4.78. The largest absolute Gasteiger partial charge is 0.390 e. The van der Waals surface area contributed by atoms with E-state index in [0.717, 1.165) is 12.8 Å². The number of aliphatic hydroxyl groups excluding tert-OH is 1. The summed E-state index contributed by atoms with van der Waals surface area (Å²) in [7, 11) is 0. The van der Waals surface area contributed by atoms with Crippen molar-refractivity contribution in [2.24, 2.45) is 5.92 Å². The number of rotatable bonds is 1. The molecule has 0 heterocycles. The van der Waals surface area contributed by atoms with Crippen molar-refractivity contribution in [3.05, 3.63) is 0 Å². The summed E-state index contributed by atoms with van der Waals surface area (Å²) in [5, 5.41) is 9.02. The lowest BCUT2D eigenvalue weighted by atomic mass is 9.85. The van der Waals surface area contributed by atoms with Crippen molar-refractivity contribution < 1.29 is 9.50 Å². The fourth-order valence-corrected chi connectivity index (χ4v) is 1.55. The summed E-state index contributed by atoms with van der Waals surface area (Å²) in [6.45, 7) is 2.08. The van der Waals surface area contributed by atoms with Crippen molar-refractivity contribution in [1.29, 1.82) is 0 Å². The number of halogens is 1. The third kappa shape index (κ3) is 1.69. The zero-order valence-corrected chi connectivity index (χ0v) is 6.39. The first-order valence-electron chi connectivity index (χ1n) is 4.06. The van der Waals surface area contributed by atoms with Crippen LogP contribution in [0.3, 0.4) is 0 Å². The molecule has 0 bridgehead atoms. The number of aliphatic hydroxyl groups is 1. The van der Waals surface area contributed by atoms with Gasteiger partial charge >= 0.3 is 0 Å². The molecule has 0 aromatic carbocycles. The molecule has 1 nitrogen and oxygen atoms in total. The van der Waals surface area contributed by atoms with E-state index in [0.29, 0.717) is 18.8 Å². The Labute approximate surface area is 61.2 Å². The summed E-state index contributed by atoms with van der Waals surface area (Å²) in [6.07, 6.45) is 1.63. The van der Waals surface area contributed by atoms with Crippen LogP contribution in [0.4, 0.5) is 4.39 Å². The summed E-state index contributed by atoms with van der Waals surface area (Å²) in [4.78, 5) is 0. The van der Waals surface area contributed by atoms with Gasteiger partial charge in [0.2, 0.25) is 0 Å². The molecule has 1 fully saturated rings. The van der Waals surface area contributed by atoms with Crippen LogP contribution in [-0.4, -0.2) is 17.4 Å². The first-order chi connectivity index (χ1) is 4.74. The average Bonchev–Trinajstić information content (AvgIpc) is 1.95. The maximum atomic E-state index is 12.8. The Hall–Kier alpha value is -0.110. The number of alkyl halides is 1. The van der Waals surface area contributed by atoms with E-state index in [1.807, 2.05) is 0 Å². The van der Waals surface area contributed by atoms with Gasteiger partial charge < -0.3 is 5.11 Å². The van der Waals surface area contributed by atoms with Crippen molar-refractivity contribution in [3.8, 4) is 0 Å². The maximum Gasteiger partial charge on any atom is 0.126 e. The van der Waals surface area contributed by atoms with Crippen molar-refractivity contribution in [1.82, 2.24) is 0 Å². The van der Waals surface area contributed by atoms with Crippen molar-refractivity contribution in [2.75, 3.05) is 0 Å². The van der Waals surface area contributed by atoms with E-state index in [1.54, 1.807) is 0 Å². The molecule has 1 rings (SSSR count). The maximum absolute atomic E-state index is 12.8. The number of hydrogen-bond donors (Lipinski definition) is 1. The van der Waals surface area contributed by atoms with Crippen molar-refractivity contribution in [2.45, 2.75) is 44.9 Å². The zero-order chi connectivity index (χ0) is 7.56. The molecule has 0 spiro atoms. The standard InChI is InChI=1S/C8H15FO/c1-2-6-3-4-8(10)7(9)5-6/h6-8,10H,2-5H2,1H3/t6?,7?,8-/m1/s1. The molecule has 2 unspecified atom stereocenters. The van der Waals surface area contributed by atoms with E-state index in [1.165, 1.54) is 0 Å². The minimum absolute atomic E-state index is 0.512. The zero-order valence-electron chi connectivity index (χ0n) is 6.39. The van der Waals surface area contributed by atoms with Gasteiger partial charge in [0.1, 0.15) is 6.17 Å². The van der Waals surface area contributed by atoms with E-state index >= 15 is 0 Å². The highest BCUT2D eigenvalue weighted by Gasteiger charge is 2.27. The van der Waals surface area contributed by atoms with Gasteiger partial charge in [-0.2, -0.15) is 0 Å². The molecule has 1 aliphatic rings. The third-order valence-electron chi connectivity index (χ3n) is 2.42. The summed E-state index contributed by atoms with van der Waals surface area (Å²) < 4.78 is 12.8. The van der Waals surface area contributed by atoms with Crippen LogP contribution >= 0.6 is 0 Å². The molecule has 2 heteroatoms. The topological polar surface area (TPSA) is 20.2 Å². The molecule has 1 N–H and O–H groups in total. The monoisotopic (exact) mass is 146 g/mol. The van der Waals surface area contributed by atoms with Crippen LogP contribution in [0.2, 0.25) is 0 Å². The van der Waals surface area contributed by atoms with Gasteiger partial charge in [0.15, 0.2) is 0 Å². The Morgan fingerprint density at radius 3 is 2.70 bits per heavy atom. The lowest BCUT2D eigenvalue weighted by Crippen LogP contribution is -2.30. The smallest absolute Gasteiger partial charge is 0.126 e. The molecule has 1 aliphatic carbocycles. The Kier molecular flexibility index (Phi) is 2.66. The molecular weight excluding hydrogens is 131 g/mol. The van der Waals surface area contributed by atoms with Gasteiger partial charge in [-0.1, -0.05) is 13.3 Å². The first-order valence-corrected chi connectivity index (χ1v) is 4.06. The molecule has 10 heavy (non-hydrogen) atoms. The van der Waals surface area contributed by atoms with Crippen molar-refractivity contribution in [3.63, 3.8) is 0 Å². The highest BCUT2D eigenvalue weighted by atomic mass is 19.1. The first kappa shape index (κ1) is 7.99. The Morgan fingerprint density at radius 1 is 1.50 bits per heavy atom. The summed E-state index contributed by atoms with van der Waals surface area (Å²) in [6, 6.07) is 0. The molecule has 0 radical (unpaired) electrons. The molecule has 0 saturated heterocycles. The van der Waals surface area contributed by atoms with Crippen LogP contribution in [0.5, 0.6) is 0 Å². The Morgan fingerprint density at radius 2 is 2.20 bits per heavy atom. The van der Waals surface area contributed by atoms with Gasteiger partial charge in [-0.15, -0.1) is 0 Å². The van der Waals surface area contributed by atoms with E-state index in [4.69, 9.17) is 5.11 Å². The van der Waals surface area contributed by atoms with Gasteiger partial charge in [0.25, 0.3) is 0 Å². The Balaban J connectivity index is 2.33. The summed E-state index contributed by atoms with van der Waals surface area (Å²) in [5.74, 6) is 0.512. The van der Waals surface area contributed by atoms with E-state index < -0.39 is 12.3 Å². The molecule has 1 saturated carbocycles. The summed E-state index contributed by atoms with van der Waals surface area (Å²) >= 11 is 0. The van der Waals surface area contributed by atoms with E-state index in [2.05, 4.69) is 6.92 Å². The second-order valence-corrected chi connectivity index (χ2v) is 3.17. The molecule has 3 atom stereocenters. The van der Waals surface area contributed by atoms with Crippen LogP contribution < -0.4 is 0 Å². The van der Waals surface area contributed by atoms with Crippen LogP contribution in [0.25, 0.3) is 0 Å². The minimum atomic E-state index is -0.960. The third-order valence-corrected chi connectivity index (χ3v) is 2.42. The van der Waals surface area contributed by atoms with Gasteiger partial charge in [-0.05, 0) is 25.2 Å². The SMILES string of the molecule is CCC1CC[C@@H](O)C(F)C1. The number of hydrogen-bond acceptors (Lipinski definition) is 1. The Bertz CT molecular complexity index is 105. The molecule has 0 aliphatic heterocycles. The molecule has 0 aromatic heterocycles. The van der Waals surface area contributed by atoms with Gasteiger partial charge in [-0.25, -0.2) is 4.39 Å². The van der Waals surface area contributed by atoms with Crippen molar-refractivity contribution >= 4 is 0 Å². The predicted molar refractivity (Wildman–Crippen MR) is 38.5 cm³/mol. The second kappa shape index (κ2) is 3.33. The van der Waals surface area contributed by atoms with Crippen LogP contribution in [0.1, 0.15) is 32.6 Å². The lowest BCUT2D eigenvalue weighted by Gasteiger charge is -2.27. The van der Waals surface area contributed by atoms with E-state index in [-0.39, 0.29) is 0 Å².